The summed E-state index contributed by atoms with van der Waals surface area (Å²) in [6, 6.07) is 8.43. The molecular weight excluding hydrogens is 337 g/mol. The van der Waals surface area contributed by atoms with Crippen molar-refractivity contribution in [3.63, 3.8) is 0 Å². The van der Waals surface area contributed by atoms with Gasteiger partial charge in [-0.2, -0.15) is 0 Å². The Morgan fingerprint density at radius 1 is 1.28 bits per heavy atom. The quantitative estimate of drug-likeness (QED) is 0.493. The summed E-state index contributed by atoms with van der Waals surface area (Å²) in [6.07, 6.45) is 2.73. The van der Waals surface area contributed by atoms with E-state index in [9.17, 15) is 0 Å². The number of benzene rings is 1. The molecule has 0 aliphatic heterocycles. The average molecular weight is 359 g/mol. The molecule has 1 aliphatic rings. The number of hydrogen-bond acceptors (Lipinski definition) is 1. The fraction of sp³-hybridized carbons (Fsp3) is 0.500. The molecule has 1 aromatic rings. The number of nitrogens with one attached hydrogen (secondary N) is 2. The van der Waals surface area contributed by atoms with Crippen molar-refractivity contribution in [2.75, 3.05) is 13.6 Å². The first-order chi connectivity index (χ1) is 8.29. The maximum Gasteiger partial charge on any atom is 0.191 e. The standard InChI is InChI=1S/C14H21N3.HI/c1-11-5-3-4-6-13(11)10-17-14(15-2)16-9-12-7-8-12;/h3-6,12H,7-10H2,1-2H3,(H2,15,16,17);1H. The number of halogens is 1. The zero-order valence-corrected chi connectivity index (χ0v) is 13.4. The van der Waals surface area contributed by atoms with E-state index in [1.54, 1.807) is 0 Å². The molecule has 1 aliphatic carbocycles. The topological polar surface area (TPSA) is 36.4 Å². The molecule has 0 atom stereocenters. The predicted octanol–water partition coefficient (Wildman–Crippen LogP) is 2.69. The predicted molar refractivity (Wildman–Crippen MR) is 87.5 cm³/mol. The van der Waals surface area contributed by atoms with E-state index >= 15 is 0 Å². The number of aryl methyl sites for hydroxylation is 1. The zero-order valence-electron chi connectivity index (χ0n) is 11.1. The van der Waals surface area contributed by atoms with Crippen molar-refractivity contribution in [2.45, 2.75) is 26.3 Å². The van der Waals surface area contributed by atoms with E-state index in [4.69, 9.17) is 0 Å². The summed E-state index contributed by atoms with van der Waals surface area (Å²) in [5.74, 6) is 1.77. The van der Waals surface area contributed by atoms with Crippen LogP contribution in [0, 0.1) is 12.8 Å². The van der Waals surface area contributed by atoms with Crippen LogP contribution in [0.15, 0.2) is 29.3 Å². The normalized spacial score (nSPS) is 14.9. The molecule has 1 fully saturated rings. The lowest BCUT2D eigenvalue weighted by atomic mass is 10.1. The maximum absolute atomic E-state index is 4.23. The Labute approximate surface area is 126 Å². The lowest BCUT2D eigenvalue weighted by Crippen LogP contribution is -2.37. The maximum atomic E-state index is 4.23. The first-order valence-corrected chi connectivity index (χ1v) is 6.28. The van der Waals surface area contributed by atoms with Crippen molar-refractivity contribution in [2.24, 2.45) is 10.9 Å². The van der Waals surface area contributed by atoms with Crippen molar-refractivity contribution >= 4 is 29.9 Å². The Kier molecular flexibility index (Phi) is 6.46. The number of aliphatic imine (C=N–C) groups is 1. The molecule has 0 bridgehead atoms. The van der Waals surface area contributed by atoms with E-state index in [0.717, 1.165) is 25.0 Å². The Morgan fingerprint density at radius 2 is 2.00 bits per heavy atom. The first kappa shape index (κ1) is 15.3. The van der Waals surface area contributed by atoms with E-state index in [0.29, 0.717) is 0 Å². The van der Waals surface area contributed by atoms with Crippen molar-refractivity contribution in [1.82, 2.24) is 10.6 Å². The number of guanidine groups is 1. The highest BCUT2D eigenvalue weighted by atomic mass is 127. The third kappa shape index (κ3) is 4.84. The smallest absolute Gasteiger partial charge is 0.191 e. The second-order valence-electron chi connectivity index (χ2n) is 4.68. The highest BCUT2D eigenvalue weighted by Crippen LogP contribution is 2.27. The van der Waals surface area contributed by atoms with Crippen LogP contribution in [0.25, 0.3) is 0 Å². The van der Waals surface area contributed by atoms with Gasteiger partial charge in [0.05, 0.1) is 0 Å². The summed E-state index contributed by atoms with van der Waals surface area (Å²) in [4.78, 5) is 4.23. The van der Waals surface area contributed by atoms with Crippen molar-refractivity contribution < 1.29 is 0 Å². The van der Waals surface area contributed by atoms with E-state index in [2.05, 4.69) is 46.8 Å². The third-order valence-corrected chi connectivity index (χ3v) is 3.19. The Hall–Kier alpha value is -0.780. The molecule has 1 aromatic carbocycles. The van der Waals surface area contributed by atoms with Gasteiger partial charge in [-0.05, 0) is 36.8 Å². The van der Waals surface area contributed by atoms with Crippen molar-refractivity contribution in [1.29, 1.82) is 0 Å². The summed E-state index contributed by atoms with van der Waals surface area (Å²) >= 11 is 0. The highest BCUT2D eigenvalue weighted by Gasteiger charge is 2.20. The SMILES string of the molecule is CN=C(NCc1ccccc1C)NCC1CC1.I. The van der Waals surface area contributed by atoms with Crippen LogP contribution in [0.4, 0.5) is 0 Å². The van der Waals surface area contributed by atoms with Gasteiger partial charge in [-0.3, -0.25) is 4.99 Å². The van der Waals surface area contributed by atoms with Gasteiger partial charge in [-0.15, -0.1) is 24.0 Å². The Morgan fingerprint density at radius 3 is 2.61 bits per heavy atom. The van der Waals surface area contributed by atoms with E-state index in [1.165, 1.54) is 24.0 Å². The van der Waals surface area contributed by atoms with Gasteiger partial charge in [0.1, 0.15) is 0 Å². The molecule has 4 heteroatoms. The zero-order chi connectivity index (χ0) is 12.1. The molecule has 0 heterocycles. The van der Waals surface area contributed by atoms with Gasteiger partial charge in [0, 0.05) is 20.1 Å². The van der Waals surface area contributed by atoms with Crippen LogP contribution in [0.5, 0.6) is 0 Å². The van der Waals surface area contributed by atoms with Gasteiger partial charge in [-0.1, -0.05) is 24.3 Å². The van der Waals surface area contributed by atoms with E-state index in [-0.39, 0.29) is 24.0 Å². The summed E-state index contributed by atoms with van der Waals surface area (Å²) in [5.41, 5.74) is 2.64. The van der Waals surface area contributed by atoms with E-state index in [1.807, 2.05) is 7.05 Å². The monoisotopic (exact) mass is 359 g/mol. The molecule has 0 saturated heterocycles. The molecule has 2 rings (SSSR count). The third-order valence-electron chi connectivity index (χ3n) is 3.19. The molecule has 3 nitrogen and oxygen atoms in total. The van der Waals surface area contributed by atoms with Crippen molar-refractivity contribution in [3.05, 3.63) is 35.4 Å². The Bertz CT molecular complexity index is 400. The Balaban J connectivity index is 0.00000162. The minimum atomic E-state index is 0. The summed E-state index contributed by atoms with van der Waals surface area (Å²) in [7, 11) is 1.82. The van der Waals surface area contributed by atoms with Gasteiger partial charge >= 0.3 is 0 Å². The highest BCUT2D eigenvalue weighted by molar-refractivity contribution is 14.0. The summed E-state index contributed by atoms with van der Waals surface area (Å²) < 4.78 is 0. The first-order valence-electron chi connectivity index (χ1n) is 6.28. The molecule has 0 aromatic heterocycles. The van der Waals surface area contributed by atoms with Gasteiger partial charge in [0.2, 0.25) is 0 Å². The van der Waals surface area contributed by atoms with Crippen LogP contribution < -0.4 is 10.6 Å². The van der Waals surface area contributed by atoms with Gasteiger partial charge in [0.25, 0.3) is 0 Å². The van der Waals surface area contributed by atoms with Crippen LogP contribution >= 0.6 is 24.0 Å². The second-order valence-corrected chi connectivity index (χ2v) is 4.68. The summed E-state index contributed by atoms with van der Waals surface area (Å²) in [6.45, 7) is 4.02. The molecule has 0 spiro atoms. The van der Waals surface area contributed by atoms with Crippen LogP contribution in [0.2, 0.25) is 0 Å². The molecule has 100 valence electrons. The van der Waals surface area contributed by atoms with Crippen LogP contribution in [0.3, 0.4) is 0 Å². The van der Waals surface area contributed by atoms with Gasteiger partial charge in [0.15, 0.2) is 5.96 Å². The fourth-order valence-corrected chi connectivity index (χ4v) is 1.77. The van der Waals surface area contributed by atoms with E-state index < -0.39 is 0 Å². The average Bonchev–Trinajstić information content (AvgIpc) is 3.15. The molecular formula is C14H22IN3. The molecule has 0 radical (unpaired) electrons. The lowest BCUT2D eigenvalue weighted by Gasteiger charge is -2.12. The molecule has 0 unspecified atom stereocenters. The van der Waals surface area contributed by atoms with Crippen LogP contribution in [0.1, 0.15) is 24.0 Å². The van der Waals surface area contributed by atoms with Crippen LogP contribution in [-0.4, -0.2) is 19.6 Å². The number of rotatable bonds is 4. The minimum absolute atomic E-state index is 0. The van der Waals surface area contributed by atoms with Gasteiger partial charge in [-0.25, -0.2) is 0 Å². The van der Waals surface area contributed by atoms with Gasteiger partial charge < -0.3 is 10.6 Å². The summed E-state index contributed by atoms with van der Waals surface area (Å²) in [5, 5.41) is 6.71. The number of nitrogens with zero attached hydrogens (tertiary/aromatic N) is 1. The fourth-order valence-electron chi connectivity index (χ4n) is 1.77. The molecule has 0 amide bonds. The molecule has 1 saturated carbocycles. The second kappa shape index (κ2) is 7.61. The minimum Gasteiger partial charge on any atom is -0.356 e. The molecule has 18 heavy (non-hydrogen) atoms. The molecule has 2 N–H and O–H groups in total. The largest absolute Gasteiger partial charge is 0.356 e. The lowest BCUT2D eigenvalue weighted by molar-refractivity contribution is 0.736. The van der Waals surface area contributed by atoms with Crippen LogP contribution in [-0.2, 0) is 6.54 Å². The number of hydrogen-bond donors (Lipinski definition) is 2. The van der Waals surface area contributed by atoms with Crippen molar-refractivity contribution in [3.8, 4) is 0 Å².